The van der Waals surface area contributed by atoms with E-state index in [-0.39, 0.29) is 5.91 Å². The maximum Gasteiger partial charge on any atom is 0.292 e. The van der Waals surface area contributed by atoms with Crippen molar-refractivity contribution in [2.24, 2.45) is 4.99 Å². The van der Waals surface area contributed by atoms with E-state index in [0.29, 0.717) is 5.90 Å². The number of amides is 1. The first-order valence-electron chi connectivity index (χ1n) is 5.23. The highest BCUT2D eigenvalue weighted by Crippen LogP contribution is 2.31. The maximum absolute atomic E-state index is 11.5. The summed E-state index contributed by atoms with van der Waals surface area (Å²) in [6.45, 7) is 3.56. The van der Waals surface area contributed by atoms with E-state index in [1.54, 1.807) is 6.92 Å². The molecule has 0 atom stereocenters. The smallest absolute Gasteiger partial charge is 0.292 e. The lowest BCUT2D eigenvalue weighted by Crippen LogP contribution is -2.58. The third-order valence-corrected chi connectivity index (χ3v) is 2.79. The van der Waals surface area contributed by atoms with E-state index in [4.69, 9.17) is 23.4 Å². The zero-order chi connectivity index (χ0) is 14.0. The molecule has 2 aliphatic heterocycles. The Hall–Kier alpha value is -0.770. The fraction of sp³-hybridized carbons (Fsp3) is 0.778. The molecule has 8 nitrogen and oxygen atoms in total. The second-order valence-corrected chi connectivity index (χ2v) is 5.02. The molecule has 0 unspecified atom stereocenters. The molecule has 0 bridgehead atoms. The van der Waals surface area contributed by atoms with Crippen LogP contribution in [0.4, 0.5) is 0 Å². The third-order valence-electron chi connectivity index (χ3n) is 2.79. The molecule has 0 aromatic carbocycles. The quantitative estimate of drug-likeness (QED) is 0.483. The van der Waals surface area contributed by atoms with Crippen molar-refractivity contribution in [1.82, 2.24) is 4.90 Å². The molecule has 1 N–H and O–H groups in total. The van der Waals surface area contributed by atoms with Crippen molar-refractivity contribution in [3.05, 3.63) is 0 Å². The Morgan fingerprint density at radius 3 is 2.17 bits per heavy atom. The molecule has 2 aliphatic rings. The molecule has 2 rings (SSSR count). The molecule has 0 saturated carbocycles. The maximum atomic E-state index is 11.5. The minimum Gasteiger partial charge on any atom is -0.464 e. The molecule has 1 amide bonds. The summed E-state index contributed by atoms with van der Waals surface area (Å²) in [5.74, 6) is 0.438. The predicted octanol–water partition coefficient (Wildman–Crippen LogP) is -3.70. The van der Waals surface area contributed by atoms with Gasteiger partial charge in [0.05, 0.1) is 14.9 Å². The van der Waals surface area contributed by atoms with Gasteiger partial charge in [-0.25, -0.2) is 0 Å². The van der Waals surface area contributed by atoms with Crippen LogP contribution in [0.2, 0.25) is 0 Å². The van der Waals surface area contributed by atoms with Gasteiger partial charge in [0.2, 0.25) is 0 Å². The van der Waals surface area contributed by atoms with Gasteiger partial charge in [-0.2, -0.15) is 19.0 Å². The third kappa shape index (κ3) is 4.48. The van der Waals surface area contributed by atoms with E-state index in [0.717, 1.165) is 25.9 Å². The molecule has 0 aliphatic carbocycles. The summed E-state index contributed by atoms with van der Waals surface area (Å²) >= 11 is 0. The van der Waals surface area contributed by atoms with Gasteiger partial charge < -0.3 is 9.64 Å². The van der Waals surface area contributed by atoms with Gasteiger partial charge in [0.15, 0.2) is 11.5 Å². The second-order valence-electron chi connectivity index (χ2n) is 4.23. The van der Waals surface area contributed by atoms with E-state index < -0.39 is 15.8 Å². The zero-order valence-electron chi connectivity index (χ0n) is 10.1. The van der Waals surface area contributed by atoms with Gasteiger partial charge in [-0.05, 0) is 7.05 Å². The standard InChI is InChI=1S/C9H14N2O2.ClHO4/c1-7-10-8(12)9(13-7)3-5-11(2)6-4-9;2-1(3,4)5/h3-6H2,1-2H3;(H,2,3,4,5). The number of aliphatic imine (C=N–C) groups is 1. The number of rotatable bonds is 0. The van der Waals surface area contributed by atoms with Crippen LogP contribution >= 0.6 is 0 Å². The topological polar surface area (TPSA) is 131 Å². The number of piperidine rings is 1. The summed E-state index contributed by atoms with van der Waals surface area (Å²) < 4.78 is 38.2. The van der Waals surface area contributed by atoms with Gasteiger partial charge in [0.1, 0.15) is 0 Å². The highest BCUT2D eigenvalue weighted by Gasteiger charge is 2.46. The van der Waals surface area contributed by atoms with E-state index in [1.807, 2.05) is 0 Å². The lowest BCUT2D eigenvalue weighted by atomic mass is 9.91. The average molecular weight is 283 g/mol. The number of hydrogen-bond donors (Lipinski definition) is 1. The largest absolute Gasteiger partial charge is 0.464 e. The van der Waals surface area contributed by atoms with E-state index in [9.17, 15) is 4.79 Å². The summed E-state index contributed by atoms with van der Waals surface area (Å²) in [6, 6.07) is 0. The summed E-state index contributed by atoms with van der Waals surface area (Å²) in [7, 11) is -2.64. The predicted molar refractivity (Wildman–Crippen MR) is 50.9 cm³/mol. The summed E-state index contributed by atoms with van der Waals surface area (Å²) in [5.41, 5.74) is -0.601. The number of carbonyl (C=O) groups is 1. The van der Waals surface area contributed by atoms with Gasteiger partial charge in [-0.1, -0.05) is 0 Å². The Bertz CT molecular complexity index is 339. The van der Waals surface area contributed by atoms with Gasteiger partial charge in [0.25, 0.3) is 5.91 Å². The van der Waals surface area contributed by atoms with E-state index in [2.05, 4.69) is 16.9 Å². The van der Waals surface area contributed by atoms with Gasteiger partial charge in [-0.15, -0.1) is 0 Å². The second kappa shape index (κ2) is 5.47. The van der Waals surface area contributed by atoms with Crippen LogP contribution < -0.4 is 14.0 Å². The van der Waals surface area contributed by atoms with Gasteiger partial charge >= 0.3 is 0 Å². The molecule has 1 spiro atoms. The first-order chi connectivity index (χ1) is 8.12. The Morgan fingerprint density at radius 2 is 1.83 bits per heavy atom. The van der Waals surface area contributed by atoms with Crippen molar-refractivity contribution in [2.75, 3.05) is 20.1 Å². The molecule has 1 fully saturated rings. The Kier molecular flexibility index (Phi) is 4.65. The summed E-state index contributed by atoms with van der Waals surface area (Å²) in [5, 5.41) is 0. The van der Waals surface area contributed by atoms with Crippen molar-refractivity contribution < 1.29 is 38.4 Å². The monoisotopic (exact) mass is 282 g/mol. The van der Waals surface area contributed by atoms with Crippen LogP contribution in [-0.2, 0) is 9.53 Å². The number of hydrogen-bond acceptors (Lipinski definition) is 7. The number of carbonyl (C=O) groups excluding carboxylic acids is 1. The number of likely N-dealkylation sites (tertiary alicyclic amines) is 1. The molecule has 0 aromatic heterocycles. The Labute approximate surface area is 106 Å². The Balaban J connectivity index is 0.000000280. The van der Waals surface area contributed by atoms with Crippen LogP contribution in [-0.4, -0.2) is 47.1 Å². The summed E-state index contributed by atoms with van der Waals surface area (Å²) in [4.78, 5) is 17.6. The minimum absolute atomic E-state index is 0.0851. The van der Waals surface area contributed by atoms with Crippen molar-refractivity contribution in [3.8, 4) is 0 Å². The number of halogens is 1. The van der Waals surface area contributed by atoms with Crippen molar-refractivity contribution in [2.45, 2.75) is 25.4 Å². The van der Waals surface area contributed by atoms with Crippen LogP contribution in [0.1, 0.15) is 19.8 Å². The highest BCUT2D eigenvalue weighted by atomic mass is 35.7. The van der Waals surface area contributed by atoms with E-state index in [1.165, 1.54) is 0 Å². The SMILES string of the molecule is CC1=NC(=O)C2(CCN(C)CC2)O1.[O-][Cl+3]([O-])([O-])O. The van der Waals surface area contributed by atoms with Gasteiger partial charge in [-0.3, -0.25) is 4.79 Å². The average Bonchev–Trinajstić information content (AvgIpc) is 2.45. The normalized spacial score (nSPS) is 23.2. The molecule has 0 aromatic rings. The molecule has 104 valence electrons. The lowest BCUT2D eigenvalue weighted by Gasteiger charge is -2.34. The minimum atomic E-state index is -4.69. The lowest BCUT2D eigenvalue weighted by molar-refractivity contribution is -1.92. The number of ether oxygens (including phenoxy) is 1. The van der Waals surface area contributed by atoms with Crippen LogP contribution in [0, 0.1) is 10.2 Å². The molecule has 1 saturated heterocycles. The molecular weight excluding hydrogens is 268 g/mol. The molecule has 2 heterocycles. The van der Waals surface area contributed by atoms with Crippen LogP contribution in [0.15, 0.2) is 4.99 Å². The van der Waals surface area contributed by atoms with Crippen molar-refractivity contribution in [1.29, 1.82) is 0 Å². The highest BCUT2D eigenvalue weighted by molar-refractivity contribution is 6.01. The summed E-state index contributed by atoms with van der Waals surface area (Å²) in [6.07, 6.45) is 1.53. The Morgan fingerprint density at radius 1 is 1.39 bits per heavy atom. The first-order valence-corrected chi connectivity index (χ1v) is 6.49. The molecule has 0 radical (unpaired) electrons. The van der Waals surface area contributed by atoms with Crippen LogP contribution in [0.5, 0.6) is 0 Å². The fourth-order valence-corrected chi connectivity index (χ4v) is 1.89. The fourth-order valence-electron chi connectivity index (χ4n) is 1.89. The van der Waals surface area contributed by atoms with E-state index >= 15 is 0 Å². The van der Waals surface area contributed by atoms with Crippen molar-refractivity contribution >= 4 is 11.8 Å². The van der Waals surface area contributed by atoms with Crippen LogP contribution in [0.25, 0.3) is 0 Å². The van der Waals surface area contributed by atoms with Crippen LogP contribution in [0.3, 0.4) is 0 Å². The molecular formula is C9H15ClN2O6. The first kappa shape index (κ1) is 15.3. The zero-order valence-corrected chi connectivity index (χ0v) is 10.8. The molecule has 9 heteroatoms. The van der Waals surface area contributed by atoms with Crippen molar-refractivity contribution in [3.63, 3.8) is 0 Å². The molecule has 18 heavy (non-hydrogen) atoms. The van der Waals surface area contributed by atoms with Gasteiger partial charge in [0, 0.05) is 32.9 Å². The number of nitrogens with zero attached hydrogens (tertiary/aromatic N) is 2.